The maximum atomic E-state index is 14.0. The van der Waals surface area contributed by atoms with Gasteiger partial charge in [0.15, 0.2) is 0 Å². The number of hydrogen-bond acceptors (Lipinski definition) is 6. The van der Waals surface area contributed by atoms with E-state index in [0.29, 0.717) is 6.54 Å². The van der Waals surface area contributed by atoms with Gasteiger partial charge < -0.3 is 14.8 Å². The molecular weight excluding hydrogens is 897 g/mol. The zero-order valence-corrected chi connectivity index (χ0v) is 36.4. The van der Waals surface area contributed by atoms with Gasteiger partial charge in [-0.1, -0.05) is 35.3 Å². The molecule has 3 aromatic heterocycles. The van der Waals surface area contributed by atoms with Gasteiger partial charge in [-0.25, -0.2) is 4.98 Å². The van der Waals surface area contributed by atoms with Crippen LogP contribution in [-0.2, 0) is 37.0 Å². The molecule has 292 valence electrons. The topological polar surface area (TPSA) is 79.2 Å². The zero-order valence-electron chi connectivity index (χ0n) is 31.0. The molecule has 4 unspecified atom stereocenters. The number of nitrogens with one attached hydrogen (secondary N) is 1. The second-order valence-corrected chi connectivity index (χ2v) is 18.3. The highest BCUT2D eigenvalue weighted by Crippen LogP contribution is 2.39. The molecule has 4 atom stereocenters. The number of piperazine rings is 1. The molecule has 4 aliphatic rings. The summed E-state index contributed by atoms with van der Waals surface area (Å²) >= 11 is 26.1. The van der Waals surface area contributed by atoms with E-state index in [2.05, 4.69) is 85.8 Å². The van der Waals surface area contributed by atoms with E-state index in [-0.39, 0.29) is 29.4 Å². The van der Waals surface area contributed by atoms with E-state index in [0.717, 1.165) is 107 Å². The summed E-state index contributed by atoms with van der Waals surface area (Å²) in [4.78, 5) is 32.2. The highest BCUT2D eigenvalue weighted by Gasteiger charge is 2.38. The summed E-state index contributed by atoms with van der Waals surface area (Å²) in [7, 11) is 0. The van der Waals surface area contributed by atoms with Crippen molar-refractivity contribution >= 4 is 72.6 Å². The molecule has 2 aliphatic heterocycles. The number of nitrogens with zero attached hydrogens (tertiary/aromatic N) is 6. The second-order valence-electron chi connectivity index (χ2n) is 15.1. The van der Waals surface area contributed by atoms with E-state index in [9.17, 15) is 4.79 Å². The number of hydrogen-bond donors (Lipinski definition) is 1. The lowest BCUT2D eigenvalue weighted by Crippen LogP contribution is -2.60. The van der Waals surface area contributed by atoms with Gasteiger partial charge in [0.1, 0.15) is 5.38 Å². The van der Waals surface area contributed by atoms with Gasteiger partial charge in [0.2, 0.25) is 5.91 Å². The summed E-state index contributed by atoms with van der Waals surface area (Å²) in [6.45, 7) is 4.02. The van der Waals surface area contributed by atoms with Gasteiger partial charge in [0.25, 0.3) is 0 Å². The Kier molecular flexibility index (Phi) is 12.8. The molecule has 2 saturated heterocycles. The van der Waals surface area contributed by atoms with Crippen LogP contribution in [0.1, 0.15) is 81.9 Å². The molecule has 2 fully saturated rings. The molecule has 56 heavy (non-hydrogen) atoms. The first kappa shape index (κ1) is 40.0. The summed E-state index contributed by atoms with van der Waals surface area (Å²) in [6.07, 6.45) is 17.4. The van der Waals surface area contributed by atoms with Gasteiger partial charge in [-0.2, -0.15) is 0 Å². The molecular formula is C43H44Br2Cl3N7O. The number of aromatic nitrogens is 4. The Hall–Kier alpha value is -2.83. The van der Waals surface area contributed by atoms with Crippen LogP contribution in [-0.4, -0.2) is 73.5 Å². The summed E-state index contributed by atoms with van der Waals surface area (Å²) in [5, 5.41) is 4.90. The first-order valence-corrected chi connectivity index (χ1v) is 22.2. The Morgan fingerprint density at radius 1 is 0.821 bits per heavy atom. The number of fused-ring (bicyclic) bond motifs is 4. The number of imidazole rings is 1. The number of benzene rings is 2. The van der Waals surface area contributed by atoms with E-state index in [1.807, 2.05) is 49.2 Å². The lowest BCUT2D eigenvalue weighted by molar-refractivity contribution is -0.138. The molecule has 0 bridgehead atoms. The Balaban J connectivity index is 0.000000204. The van der Waals surface area contributed by atoms with Crippen LogP contribution in [0, 0.1) is 0 Å². The predicted octanol–water partition coefficient (Wildman–Crippen LogP) is 9.55. The first-order chi connectivity index (χ1) is 27.2. The molecule has 1 amide bonds. The van der Waals surface area contributed by atoms with Crippen LogP contribution in [0.25, 0.3) is 0 Å². The van der Waals surface area contributed by atoms with E-state index in [1.165, 1.54) is 34.2 Å². The van der Waals surface area contributed by atoms with Crippen LogP contribution in [0.3, 0.4) is 0 Å². The molecule has 5 heterocycles. The number of carbonyl (C=O) groups is 1. The van der Waals surface area contributed by atoms with Crippen molar-refractivity contribution in [3.05, 3.63) is 143 Å². The molecule has 0 radical (unpaired) electrons. The smallest absolute Gasteiger partial charge is 0.241 e. The van der Waals surface area contributed by atoms with Gasteiger partial charge in [-0.05, 0) is 153 Å². The highest BCUT2D eigenvalue weighted by atomic mass is 79.9. The molecule has 8 nitrogen and oxygen atoms in total. The SMILES string of the molecule is Clc1ccc2c(c1)CCc1cc(Br)cnc1C2Cl.O=C(C1CN(C2c3ccc(Cl)cc3CCc3cc(Br)cnc32)CCN1)N1CCCCC1CCn1ccnc1. The summed E-state index contributed by atoms with van der Waals surface area (Å²) in [6, 6.07) is 16.5. The molecule has 0 spiro atoms. The van der Waals surface area contributed by atoms with Crippen molar-refractivity contribution in [1.29, 1.82) is 0 Å². The zero-order chi connectivity index (χ0) is 38.8. The van der Waals surface area contributed by atoms with Gasteiger partial charge >= 0.3 is 0 Å². The third-order valence-corrected chi connectivity index (χ3v) is 13.4. The van der Waals surface area contributed by atoms with Gasteiger partial charge in [-0.15, -0.1) is 11.6 Å². The maximum Gasteiger partial charge on any atom is 0.241 e. The quantitative estimate of drug-likeness (QED) is 0.177. The number of pyridine rings is 2. The fourth-order valence-electron chi connectivity index (χ4n) is 8.84. The molecule has 13 heteroatoms. The van der Waals surface area contributed by atoms with Crippen LogP contribution in [0.15, 0.2) is 88.6 Å². The van der Waals surface area contributed by atoms with E-state index in [4.69, 9.17) is 39.8 Å². The minimum absolute atomic E-state index is 0.00339. The number of carbonyl (C=O) groups excluding carboxylic acids is 1. The van der Waals surface area contributed by atoms with Crippen molar-refractivity contribution < 1.29 is 4.79 Å². The Bertz CT molecular complexity index is 2080. The normalized spacial score (nSPS) is 22.0. The van der Waals surface area contributed by atoms with E-state index < -0.39 is 0 Å². The molecule has 2 aliphatic carbocycles. The Morgan fingerprint density at radius 2 is 1.48 bits per heavy atom. The van der Waals surface area contributed by atoms with Crippen molar-refractivity contribution in [3.63, 3.8) is 0 Å². The summed E-state index contributed by atoms with van der Waals surface area (Å²) in [5.41, 5.74) is 9.39. The van der Waals surface area contributed by atoms with Crippen LogP contribution in [0.5, 0.6) is 0 Å². The van der Waals surface area contributed by atoms with Crippen molar-refractivity contribution in [2.45, 2.75) is 81.4 Å². The first-order valence-electron chi connectivity index (χ1n) is 19.4. The van der Waals surface area contributed by atoms with Crippen LogP contribution < -0.4 is 5.32 Å². The third kappa shape index (κ3) is 8.92. The number of halogens is 5. The summed E-state index contributed by atoms with van der Waals surface area (Å²) < 4.78 is 4.10. The number of piperidine rings is 1. The van der Waals surface area contributed by atoms with Crippen molar-refractivity contribution in [1.82, 2.24) is 34.6 Å². The largest absolute Gasteiger partial charge is 0.338 e. The number of aryl methyl sites for hydroxylation is 5. The Morgan fingerprint density at radius 3 is 2.20 bits per heavy atom. The minimum Gasteiger partial charge on any atom is -0.338 e. The van der Waals surface area contributed by atoms with Crippen molar-refractivity contribution in [3.8, 4) is 0 Å². The van der Waals surface area contributed by atoms with E-state index in [1.54, 1.807) is 6.20 Å². The molecule has 1 N–H and O–H groups in total. The number of rotatable bonds is 5. The average molecular weight is 941 g/mol. The fraction of sp³-hybridized carbons (Fsp3) is 0.395. The van der Waals surface area contributed by atoms with Crippen LogP contribution in [0.2, 0.25) is 10.0 Å². The third-order valence-electron chi connectivity index (χ3n) is 11.6. The number of amides is 1. The Labute approximate surface area is 360 Å². The number of alkyl halides is 1. The summed E-state index contributed by atoms with van der Waals surface area (Å²) in [5.74, 6) is 0.235. The highest BCUT2D eigenvalue weighted by molar-refractivity contribution is 9.10. The molecule has 5 aromatic rings. The van der Waals surface area contributed by atoms with Crippen LogP contribution in [0.4, 0.5) is 0 Å². The predicted molar refractivity (Wildman–Crippen MR) is 231 cm³/mol. The number of likely N-dealkylation sites (tertiary alicyclic amines) is 1. The monoisotopic (exact) mass is 937 g/mol. The lowest BCUT2D eigenvalue weighted by atomic mass is 9.94. The average Bonchev–Trinajstić information content (AvgIpc) is 3.63. The standard InChI is InChI=1S/C29H34BrClN6O.C14H10BrCl2N/c30-22-15-21-5-4-20-16-23(31)6-7-25(20)28(27(21)34-17-22)36-14-10-33-26(18-36)29(38)37-11-2-1-3-24(37)8-12-35-13-9-32-19-35;15-10-5-9-2-1-8-6-11(16)3-4-12(8)13(17)14(9)18-7-10/h6-7,9,13,15-17,19,24,26,28,33H,1-5,8,10-12,14,18H2;3-7,13H,1-2H2. The lowest BCUT2D eigenvalue weighted by Gasteiger charge is -2.43. The molecule has 9 rings (SSSR count). The van der Waals surface area contributed by atoms with E-state index >= 15 is 0 Å². The molecule has 0 saturated carbocycles. The van der Waals surface area contributed by atoms with Crippen molar-refractivity contribution in [2.24, 2.45) is 0 Å². The molecule has 2 aromatic carbocycles. The fourth-order valence-corrected chi connectivity index (χ4v) is 10.4. The van der Waals surface area contributed by atoms with Crippen LogP contribution >= 0.6 is 66.7 Å². The van der Waals surface area contributed by atoms with Gasteiger partial charge in [-0.3, -0.25) is 19.7 Å². The van der Waals surface area contributed by atoms with Crippen molar-refractivity contribution in [2.75, 3.05) is 26.2 Å². The second kappa shape index (κ2) is 18.0. The minimum atomic E-state index is -0.226. The maximum absolute atomic E-state index is 14.0. The van der Waals surface area contributed by atoms with Gasteiger partial charge in [0.05, 0.1) is 29.8 Å². The van der Waals surface area contributed by atoms with Gasteiger partial charge in [0, 0.05) is 82.5 Å².